The van der Waals surface area contributed by atoms with Gasteiger partial charge in [-0.15, -0.1) is 0 Å². The molecule has 2 rings (SSSR count). The van der Waals surface area contributed by atoms with Gasteiger partial charge in [-0.1, -0.05) is 6.07 Å². The van der Waals surface area contributed by atoms with Crippen LogP contribution in [0.15, 0.2) is 24.3 Å². The number of anilines is 1. The average molecular weight is 296 g/mol. The van der Waals surface area contributed by atoms with Gasteiger partial charge >= 0.3 is 0 Å². The number of rotatable bonds is 5. The highest BCUT2D eigenvalue weighted by Crippen LogP contribution is 2.14. The summed E-state index contributed by atoms with van der Waals surface area (Å²) in [6.07, 6.45) is 1.91. The lowest BCUT2D eigenvalue weighted by Gasteiger charge is -2.22. The molecule has 0 spiro atoms. The van der Waals surface area contributed by atoms with Crippen molar-refractivity contribution < 1.29 is 13.7 Å². The van der Waals surface area contributed by atoms with Crippen LogP contribution < -0.4 is 15.8 Å². The monoisotopic (exact) mass is 296 g/mol. The van der Waals surface area contributed by atoms with E-state index in [0.29, 0.717) is 36.0 Å². The number of benzene rings is 1. The Balaban J connectivity index is 1.66. The van der Waals surface area contributed by atoms with Gasteiger partial charge in [0.15, 0.2) is 0 Å². The Bertz CT molecular complexity index is 483. The van der Waals surface area contributed by atoms with Crippen molar-refractivity contribution in [2.24, 2.45) is 0 Å². The lowest BCUT2D eigenvalue weighted by atomic mass is 10.1. The van der Waals surface area contributed by atoms with Gasteiger partial charge in [0.2, 0.25) is 5.91 Å². The maximum Gasteiger partial charge on any atom is 0.223 e. The standard InChI is InChI=1S/C14H20N2O3S/c15-11-2-1-3-13(10-11)19-7-4-14(17)16-12-5-8-20(18)9-6-12/h1-3,10,12H,4-9,15H2,(H,16,17). The Labute approximate surface area is 121 Å². The summed E-state index contributed by atoms with van der Waals surface area (Å²) in [6.45, 7) is 0.327. The van der Waals surface area contributed by atoms with Crippen molar-refractivity contribution in [3.8, 4) is 5.75 Å². The van der Waals surface area contributed by atoms with Crippen molar-refractivity contribution >= 4 is 22.4 Å². The van der Waals surface area contributed by atoms with E-state index in [-0.39, 0.29) is 11.9 Å². The minimum atomic E-state index is -0.696. The van der Waals surface area contributed by atoms with Crippen LogP contribution in [0.3, 0.4) is 0 Å². The van der Waals surface area contributed by atoms with Crippen LogP contribution in [0.25, 0.3) is 0 Å². The van der Waals surface area contributed by atoms with Crippen LogP contribution in [0.1, 0.15) is 19.3 Å². The van der Waals surface area contributed by atoms with Crippen molar-refractivity contribution in [1.82, 2.24) is 5.32 Å². The number of nitrogens with two attached hydrogens (primary N) is 1. The number of carbonyl (C=O) groups excluding carboxylic acids is 1. The van der Waals surface area contributed by atoms with Crippen LogP contribution in [-0.2, 0) is 15.6 Å². The van der Waals surface area contributed by atoms with Gasteiger partial charge in [0.25, 0.3) is 0 Å². The Morgan fingerprint density at radius 3 is 2.85 bits per heavy atom. The Morgan fingerprint density at radius 1 is 1.40 bits per heavy atom. The van der Waals surface area contributed by atoms with Crippen LogP contribution >= 0.6 is 0 Å². The molecule has 1 amide bonds. The van der Waals surface area contributed by atoms with E-state index in [4.69, 9.17) is 10.5 Å². The molecule has 0 radical (unpaired) electrons. The van der Waals surface area contributed by atoms with Gasteiger partial charge in [0, 0.05) is 40.1 Å². The van der Waals surface area contributed by atoms with Gasteiger partial charge in [-0.25, -0.2) is 0 Å². The fourth-order valence-electron chi connectivity index (χ4n) is 2.10. The molecule has 1 fully saturated rings. The van der Waals surface area contributed by atoms with Crippen LogP contribution in [-0.4, -0.2) is 34.3 Å². The molecule has 5 nitrogen and oxygen atoms in total. The highest BCUT2D eigenvalue weighted by molar-refractivity contribution is 7.85. The van der Waals surface area contributed by atoms with E-state index in [2.05, 4.69) is 5.32 Å². The molecular formula is C14H20N2O3S. The second kappa shape index (κ2) is 7.28. The van der Waals surface area contributed by atoms with E-state index in [1.807, 2.05) is 12.1 Å². The molecule has 1 aliphatic rings. The molecule has 0 bridgehead atoms. The fourth-order valence-corrected chi connectivity index (χ4v) is 3.40. The van der Waals surface area contributed by atoms with E-state index >= 15 is 0 Å². The van der Waals surface area contributed by atoms with Crippen molar-refractivity contribution in [3.63, 3.8) is 0 Å². The first-order valence-electron chi connectivity index (χ1n) is 6.76. The highest BCUT2D eigenvalue weighted by Gasteiger charge is 2.19. The minimum Gasteiger partial charge on any atom is -0.493 e. The number of nitrogen functional groups attached to an aromatic ring is 1. The van der Waals surface area contributed by atoms with Crippen molar-refractivity contribution in [3.05, 3.63) is 24.3 Å². The molecule has 0 aliphatic carbocycles. The molecule has 1 saturated heterocycles. The van der Waals surface area contributed by atoms with Crippen molar-refractivity contribution in [1.29, 1.82) is 0 Å². The summed E-state index contributed by atoms with van der Waals surface area (Å²) < 4.78 is 16.7. The summed E-state index contributed by atoms with van der Waals surface area (Å²) in [6, 6.07) is 7.30. The lowest BCUT2D eigenvalue weighted by Crippen LogP contribution is -2.39. The Kier molecular flexibility index (Phi) is 5.40. The number of nitrogens with one attached hydrogen (secondary N) is 1. The average Bonchev–Trinajstić information content (AvgIpc) is 2.41. The number of carbonyl (C=O) groups is 1. The van der Waals surface area contributed by atoms with Crippen LogP contribution in [0.5, 0.6) is 5.75 Å². The predicted molar refractivity (Wildman–Crippen MR) is 80.0 cm³/mol. The molecule has 0 aromatic heterocycles. The highest BCUT2D eigenvalue weighted by atomic mass is 32.2. The predicted octanol–water partition coefficient (Wildman–Crippen LogP) is 1.06. The zero-order valence-electron chi connectivity index (χ0n) is 11.3. The van der Waals surface area contributed by atoms with Crippen molar-refractivity contribution in [2.75, 3.05) is 23.8 Å². The van der Waals surface area contributed by atoms with E-state index in [9.17, 15) is 9.00 Å². The largest absolute Gasteiger partial charge is 0.493 e. The summed E-state index contributed by atoms with van der Waals surface area (Å²) in [7, 11) is -0.696. The van der Waals surface area contributed by atoms with E-state index < -0.39 is 10.8 Å². The third-order valence-corrected chi connectivity index (χ3v) is 4.59. The number of ether oxygens (including phenoxy) is 1. The third kappa shape index (κ3) is 4.85. The molecule has 0 atom stereocenters. The first-order valence-corrected chi connectivity index (χ1v) is 8.25. The van der Waals surface area contributed by atoms with Gasteiger partial charge in [-0.2, -0.15) is 0 Å². The molecule has 1 aliphatic heterocycles. The smallest absolute Gasteiger partial charge is 0.223 e. The van der Waals surface area contributed by atoms with Gasteiger partial charge in [-0.3, -0.25) is 9.00 Å². The second-order valence-corrected chi connectivity index (χ2v) is 6.56. The Hall–Kier alpha value is -1.56. The molecular weight excluding hydrogens is 276 g/mol. The van der Waals surface area contributed by atoms with Gasteiger partial charge in [0.05, 0.1) is 13.0 Å². The van der Waals surface area contributed by atoms with E-state index in [1.54, 1.807) is 12.1 Å². The summed E-state index contributed by atoms with van der Waals surface area (Å²) in [4.78, 5) is 11.8. The minimum absolute atomic E-state index is 0.0217. The molecule has 1 aromatic rings. The number of hydrogen-bond donors (Lipinski definition) is 2. The second-order valence-electron chi connectivity index (χ2n) is 4.86. The van der Waals surface area contributed by atoms with E-state index in [0.717, 1.165) is 12.8 Å². The molecule has 20 heavy (non-hydrogen) atoms. The van der Waals surface area contributed by atoms with Crippen LogP contribution in [0.4, 0.5) is 5.69 Å². The van der Waals surface area contributed by atoms with Gasteiger partial charge in [0.1, 0.15) is 5.75 Å². The van der Waals surface area contributed by atoms with E-state index in [1.165, 1.54) is 0 Å². The van der Waals surface area contributed by atoms with Crippen LogP contribution in [0.2, 0.25) is 0 Å². The Morgan fingerprint density at radius 2 is 2.15 bits per heavy atom. The molecule has 3 N–H and O–H groups in total. The zero-order valence-corrected chi connectivity index (χ0v) is 12.2. The maximum atomic E-state index is 11.8. The first kappa shape index (κ1) is 14.8. The number of hydrogen-bond acceptors (Lipinski definition) is 4. The quantitative estimate of drug-likeness (QED) is 0.796. The molecule has 0 unspecified atom stereocenters. The van der Waals surface area contributed by atoms with Crippen molar-refractivity contribution in [2.45, 2.75) is 25.3 Å². The first-order chi connectivity index (χ1) is 9.63. The molecule has 0 saturated carbocycles. The molecule has 6 heteroatoms. The zero-order chi connectivity index (χ0) is 14.4. The maximum absolute atomic E-state index is 11.8. The lowest BCUT2D eigenvalue weighted by molar-refractivity contribution is -0.122. The molecule has 1 heterocycles. The summed E-state index contributed by atoms with van der Waals surface area (Å²) >= 11 is 0. The fraction of sp³-hybridized carbons (Fsp3) is 0.500. The summed E-state index contributed by atoms with van der Waals surface area (Å²) in [5.41, 5.74) is 6.28. The van der Waals surface area contributed by atoms with Gasteiger partial charge < -0.3 is 15.8 Å². The van der Waals surface area contributed by atoms with Gasteiger partial charge in [-0.05, 0) is 25.0 Å². The van der Waals surface area contributed by atoms with Crippen LogP contribution in [0, 0.1) is 0 Å². The molecule has 110 valence electrons. The molecule has 1 aromatic carbocycles. The summed E-state index contributed by atoms with van der Waals surface area (Å²) in [5.74, 6) is 2.02. The normalized spacial score (nSPS) is 22.2. The topological polar surface area (TPSA) is 81.4 Å². The third-order valence-electron chi connectivity index (χ3n) is 3.21. The summed E-state index contributed by atoms with van der Waals surface area (Å²) in [5, 5.41) is 2.96. The SMILES string of the molecule is Nc1cccc(OCCC(=O)NC2CCS(=O)CC2)c1. The number of amides is 1.